The molecule has 0 atom stereocenters. The summed E-state index contributed by atoms with van der Waals surface area (Å²) in [6, 6.07) is 8.27. The van der Waals surface area contributed by atoms with E-state index in [1.54, 1.807) is 16.7 Å². The van der Waals surface area contributed by atoms with Crippen LogP contribution >= 0.6 is 11.8 Å². The average Bonchev–Trinajstić information content (AvgIpc) is 2.81. The Balaban J connectivity index is 1.80. The maximum absolute atomic E-state index is 12.2. The van der Waals surface area contributed by atoms with Gasteiger partial charge in [-0.25, -0.2) is 0 Å². The van der Waals surface area contributed by atoms with Crippen molar-refractivity contribution in [1.29, 1.82) is 0 Å². The smallest absolute Gasteiger partial charge is 0.232 e. The van der Waals surface area contributed by atoms with Crippen LogP contribution in [0.25, 0.3) is 0 Å². The fraction of sp³-hybridized carbons (Fsp3) is 0.412. The molecule has 0 aliphatic rings. The highest BCUT2D eigenvalue weighted by atomic mass is 32.2. The number of amides is 1. The van der Waals surface area contributed by atoms with E-state index in [0.29, 0.717) is 12.3 Å². The summed E-state index contributed by atoms with van der Waals surface area (Å²) in [5, 5.41) is 3.93. The summed E-state index contributed by atoms with van der Waals surface area (Å²) < 4.78 is 5.13. The number of carbonyl (C=O) groups is 1. The maximum atomic E-state index is 12.2. The van der Waals surface area contributed by atoms with Crippen molar-refractivity contribution in [3.63, 3.8) is 0 Å². The molecule has 2 rings (SSSR count). The lowest BCUT2D eigenvalue weighted by molar-refractivity contribution is -0.127. The summed E-state index contributed by atoms with van der Waals surface area (Å²) in [6.45, 7) is 6.54. The molecule has 0 saturated carbocycles. The molecule has 118 valence electrons. The van der Waals surface area contributed by atoms with Gasteiger partial charge in [-0.2, -0.15) is 0 Å². The number of rotatable bonds is 6. The molecule has 0 radical (unpaired) electrons. The predicted molar refractivity (Wildman–Crippen MR) is 89.8 cm³/mol. The first-order chi connectivity index (χ1) is 10.5. The van der Waals surface area contributed by atoms with Gasteiger partial charge in [-0.05, 0) is 26.3 Å². The molecule has 0 saturated heterocycles. The molecule has 4 nitrogen and oxygen atoms in total. The predicted octanol–water partition coefficient (Wildman–Crippen LogP) is 3.49. The van der Waals surface area contributed by atoms with E-state index in [1.807, 2.05) is 20.9 Å². The minimum absolute atomic E-state index is 0.136. The molecule has 0 spiro atoms. The highest BCUT2D eigenvalue weighted by molar-refractivity contribution is 7.99. The molecule has 2 aromatic rings. The van der Waals surface area contributed by atoms with Crippen LogP contribution in [0.15, 0.2) is 28.8 Å². The Morgan fingerprint density at radius 1 is 1.23 bits per heavy atom. The summed E-state index contributed by atoms with van der Waals surface area (Å²) in [7, 11) is 1.85. The van der Waals surface area contributed by atoms with Crippen molar-refractivity contribution in [3.05, 3.63) is 52.4 Å². The third-order valence-electron chi connectivity index (χ3n) is 3.62. The van der Waals surface area contributed by atoms with Crippen molar-refractivity contribution in [3.8, 4) is 0 Å². The van der Waals surface area contributed by atoms with Crippen LogP contribution in [-0.4, -0.2) is 28.8 Å². The van der Waals surface area contributed by atoms with Crippen LogP contribution < -0.4 is 0 Å². The van der Waals surface area contributed by atoms with Crippen LogP contribution in [0.4, 0.5) is 0 Å². The van der Waals surface area contributed by atoms with E-state index in [0.717, 1.165) is 28.3 Å². The highest BCUT2D eigenvalue weighted by Crippen LogP contribution is 2.19. The van der Waals surface area contributed by atoms with Gasteiger partial charge in [0.2, 0.25) is 5.91 Å². The first-order valence-corrected chi connectivity index (χ1v) is 8.42. The minimum Gasteiger partial charge on any atom is -0.361 e. The Bertz CT molecular complexity index is 615. The van der Waals surface area contributed by atoms with Crippen LogP contribution in [0, 0.1) is 20.8 Å². The van der Waals surface area contributed by atoms with E-state index in [4.69, 9.17) is 4.52 Å². The molecule has 0 unspecified atom stereocenters. The first-order valence-electron chi connectivity index (χ1n) is 7.26. The summed E-state index contributed by atoms with van der Waals surface area (Å²) in [6.07, 6.45) is 0. The minimum atomic E-state index is 0.136. The third kappa shape index (κ3) is 4.37. The topological polar surface area (TPSA) is 46.3 Å². The number of hydrogen-bond donors (Lipinski definition) is 0. The molecule has 1 heterocycles. The van der Waals surface area contributed by atoms with Gasteiger partial charge in [0.1, 0.15) is 5.76 Å². The lowest BCUT2D eigenvalue weighted by Gasteiger charge is -2.17. The fourth-order valence-electron chi connectivity index (χ4n) is 2.11. The Labute approximate surface area is 135 Å². The molecule has 0 aliphatic carbocycles. The monoisotopic (exact) mass is 318 g/mol. The molecule has 0 aliphatic heterocycles. The van der Waals surface area contributed by atoms with Gasteiger partial charge in [0, 0.05) is 24.9 Å². The van der Waals surface area contributed by atoms with E-state index < -0.39 is 0 Å². The Morgan fingerprint density at radius 2 is 1.91 bits per heavy atom. The molecule has 0 fully saturated rings. The highest BCUT2D eigenvalue weighted by Gasteiger charge is 2.12. The molecule has 1 aromatic carbocycles. The molecule has 1 amide bonds. The molecule has 5 heteroatoms. The van der Waals surface area contributed by atoms with Gasteiger partial charge >= 0.3 is 0 Å². The summed E-state index contributed by atoms with van der Waals surface area (Å²) >= 11 is 1.60. The van der Waals surface area contributed by atoms with Crippen molar-refractivity contribution in [2.45, 2.75) is 33.1 Å². The lowest BCUT2D eigenvalue weighted by Crippen LogP contribution is -2.27. The lowest BCUT2D eigenvalue weighted by atomic mass is 10.1. The SMILES string of the molecule is Cc1ccc(CN(C)C(=O)CSCc2c(C)noc2C)cc1. The van der Waals surface area contributed by atoms with Crippen LogP contribution in [0.2, 0.25) is 0 Å². The zero-order valence-corrected chi connectivity index (χ0v) is 14.4. The second kappa shape index (κ2) is 7.49. The van der Waals surface area contributed by atoms with Gasteiger partial charge in [-0.3, -0.25) is 4.79 Å². The number of benzene rings is 1. The van der Waals surface area contributed by atoms with E-state index in [2.05, 4.69) is 36.3 Å². The second-order valence-corrected chi connectivity index (χ2v) is 6.52. The first kappa shape index (κ1) is 16.6. The molecule has 22 heavy (non-hydrogen) atoms. The average molecular weight is 318 g/mol. The summed E-state index contributed by atoms with van der Waals surface area (Å²) in [4.78, 5) is 13.9. The standard InChI is InChI=1S/C17H22N2O2S/c1-12-5-7-15(8-6-12)9-19(4)17(20)11-22-10-16-13(2)18-21-14(16)3/h5-8H,9-11H2,1-4H3. The van der Waals surface area contributed by atoms with Crippen molar-refractivity contribution >= 4 is 17.7 Å². The van der Waals surface area contributed by atoms with Gasteiger partial charge in [0.25, 0.3) is 0 Å². The van der Waals surface area contributed by atoms with Crippen molar-refractivity contribution in [2.24, 2.45) is 0 Å². The largest absolute Gasteiger partial charge is 0.361 e. The van der Waals surface area contributed by atoms with Crippen LogP contribution in [0.1, 0.15) is 28.1 Å². The van der Waals surface area contributed by atoms with E-state index in [1.165, 1.54) is 5.56 Å². The van der Waals surface area contributed by atoms with Gasteiger partial charge in [0.15, 0.2) is 0 Å². The quantitative estimate of drug-likeness (QED) is 0.818. The maximum Gasteiger partial charge on any atom is 0.232 e. The number of aromatic nitrogens is 1. The van der Waals surface area contributed by atoms with Gasteiger partial charge < -0.3 is 9.42 Å². The second-order valence-electron chi connectivity index (χ2n) is 5.53. The summed E-state index contributed by atoms with van der Waals surface area (Å²) in [5.41, 5.74) is 4.38. The molecule has 1 aromatic heterocycles. The van der Waals surface area contributed by atoms with Gasteiger partial charge in [-0.1, -0.05) is 35.0 Å². The van der Waals surface area contributed by atoms with E-state index in [9.17, 15) is 4.79 Å². The van der Waals surface area contributed by atoms with Crippen LogP contribution in [-0.2, 0) is 17.1 Å². The Hall–Kier alpha value is -1.75. The third-order valence-corrected chi connectivity index (χ3v) is 4.56. The van der Waals surface area contributed by atoms with E-state index >= 15 is 0 Å². The molecular weight excluding hydrogens is 296 g/mol. The van der Waals surface area contributed by atoms with Crippen LogP contribution in [0.5, 0.6) is 0 Å². The molecule has 0 bridgehead atoms. The Kier molecular flexibility index (Phi) is 5.66. The van der Waals surface area contributed by atoms with E-state index in [-0.39, 0.29) is 5.91 Å². The van der Waals surface area contributed by atoms with Gasteiger partial charge in [-0.15, -0.1) is 11.8 Å². The van der Waals surface area contributed by atoms with Gasteiger partial charge in [0.05, 0.1) is 11.4 Å². The zero-order valence-electron chi connectivity index (χ0n) is 13.5. The van der Waals surface area contributed by atoms with Crippen molar-refractivity contribution in [2.75, 3.05) is 12.8 Å². The number of carbonyl (C=O) groups excluding carboxylic acids is 1. The summed E-state index contributed by atoms with van der Waals surface area (Å²) in [5.74, 6) is 2.19. The zero-order chi connectivity index (χ0) is 16.1. The normalized spacial score (nSPS) is 10.7. The van der Waals surface area contributed by atoms with Crippen molar-refractivity contribution in [1.82, 2.24) is 10.1 Å². The molecule has 0 N–H and O–H groups in total. The number of hydrogen-bond acceptors (Lipinski definition) is 4. The molecular formula is C17H22N2O2S. The number of nitrogens with zero attached hydrogens (tertiary/aromatic N) is 2. The Morgan fingerprint density at radius 3 is 2.50 bits per heavy atom. The van der Waals surface area contributed by atoms with Crippen molar-refractivity contribution < 1.29 is 9.32 Å². The van der Waals surface area contributed by atoms with Crippen LogP contribution in [0.3, 0.4) is 0 Å². The number of thioether (sulfide) groups is 1. The number of aryl methyl sites for hydroxylation is 3. The fourth-order valence-corrected chi connectivity index (χ4v) is 3.23.